The molecule has 0 saturated heterocycles. The molecular weight excluding hydrogens is 194 g/mol. The van der Waals surface area contributed by atoms with Crippen molar-refractivity contribution in [2.45, 2.75) is 40.5 Å². The molecule has 1 rings (SSSR count). The molecule has 1 unspecified atom stereocenters. The van der Waals surface area contributed by atoms with Gasteiger partial charge in [0.25, 0.3) is 0 Å². The van der Waals surface area contributed by atoms with E-state index in [0.29, 0.717) is 12.2 Å². The van der Waals surface area contributed by atoms with Crippen molar-refractivity contribution in [2.24, 2.45) is 5.92 Å². The van der Waals surface area contributed by atoms with Gasteiger partial charge in [0, 0.05) is 23.6 Å². The van der Waals surface area contributed by atoms with E-state index in [1.54, 1.807) is 11.3 Å². The maximum absolute atomic E-state index is 11.4. The summed E-state index contributed by atoms with van der Waals surface area (Å²) in [5.74, 6) is 0.445. The lowest BCUT2D eigenvalue weighted by molar-refractivity contribution is -0.122. The average molecular weight is 211 g/mol. The average Bonchev–Trinajstić information content (AvgIpc) is 2.44. The summed E-state index contributed by atoms with van der Waals surface area (Å²) in [6, 6.07) is 0. The molecule has 0 bridgehead atoms. The summed E-state index contributed by atoms with van der Waals surface area (Å²) in [5, 5.41) is 1.09. The van der Waals surface area contributed by atoms with Crippen molar-refractivity contribution in [3.8, 4) is 0 Å². The minimum absolute atomic E-state index is 0.116. The van der Waals surface area contributed by atoms with Crippen molar-refractivity contribution in [3.63, 3.8) is 0 Å². The molecule has 0 aliphatic carbocycles. The highest BCUT2D eigenvalue weighted by Gasteiger charge is 2.14. The minimum atomic E-state index is 0.116. The van der Waals surface area contributed by atoms with Crippen LogP contribution in [0, 0.1) is 19.8 Å². The summed E-state index contributed by atoms with van der Waals surface area (Å²) in [6.45, 7) is 7.99. The van der Waals surface area contributed by atoms with Gasteiger partial charge in [0.2, 0.25) is 0 Å². The molecule has 1 aromatic heterocycles. The van der Waals surface area contributed by atoms with E-state index < -0.39 is 0 Å². The third-order valence-electron chi connectivity index (χ3n) is 2.45. The fourth-order valence-electron chi connectivity index (χ4n) is 1.35. The number of rotatable bonds is 4. The standard InChI is InChI=1S/C11H17NOS/c1-5-10(13)7(2)6-11-12-8(3)9(4)14-11/h7H,5-6H2,1-4H3. The zero-order valence-electron chi connectivity index (χ0n) is 9.26. The smallest absolute Gasteiger partial charge is 0.135 e. The predicted octanol–water partition coefficient (Wildman–Crippen LogP) is 2.92. The fourth-order valence-corrected chi connectivity index (χ4v) is 2.41. The fraction of sp³-hybridized carbons (Fsp3) is 0.636. The van der Waals surface area contributed by atoms with Gasteiger partial charge in [0.05, 0.1) is 10.7 Å². The van der Waals surface area contributed by atoms with Crippen LogP contribution in [-0.4, -0.2) is 10.8 Å². The summed E-state index contributed by atoms with van der Waals surface area (Å²) >= 11 is 1.71. The number of hydrogen-bond acceptors (Lipinski definition) is 3. The van der Waals surface area contributed by atoms with Gasteiger partial charge in [-0.3, -0.25) is 4.79 Å². The molecule has 1 heterocycles. The highest BCUT2D eigenvalue weighted by atomic mass is 32.1. The third kappa shape index (κ3) is 2.64. The molecular formula is C11H17NOS. The maximum atomic E-state index is 11.4. The third-order valence-corrected chi connectivity index (χ3v) is 3.55. The van der Waals surface area contributed by atoms with Crippen molar-refractivity contribution in [3.05, 3.63) is 15.6 Å². The zero-order valence-corrected chi connectivity index (χ0v) is 10.1. The molecule has 0 radical (unpaired) electrons. The van der Waals surface area contributed by atoms with Crippen LogP contribution < -0.4 is 0 Å². The Morgan fingerprint density at radius 2 is 2.14 bits per heavy atom. The Morgan fingerprint density at radius 3 is 2.57 bits per heavy atom. The highest BCUT2D eigenvalue weighted by Crippen LogP contribution is 2.20. The lowest BCUT2D eigenvalue weighted by Crippen LogP contribution is -2.12. The molecule has 3 heteroatoms. The first kappa shape index (κ1) is 11.4. The van der Waals surface area contributed by atoms with Gasteiger partial charge < -0.3 is 0 Å². The molecule has 0 saturated carbocycles. The van der Waals surface area contributed by atoms with Gasteiger partial charge in [-0.25, -0.2) is 4.98 Å². The van der Waals surface area contributed by atoms with Gasteiger partial charge in [0.15, 0.2) is 0 Å². The molecule has 0 fully saturated rings. The van der Waals surface area contributed by atoms with Gasteiger partial charge in [-0.15, -0.1) is 11.3 Å². The van der Waals surface area contributed by atoms with Crippen LogP contribution in [0.15, 0.2) is 0 Å². The van der Waals surface area contributed by atoms with E-state index >= 15 is 0 Å². The Morgan fingerprint density at radius 1 is 1.50 bits per heavy atom. The molecule has 1 atom stereocenters. The predicted molar refractivity (Wildman–Crippen MR) is 59.8 cm³/mol. The zero-order chi connectivity index (χ0) is 10.7. The second-order valence-corrected chi connectivity index (χ2v) is 4.96. The summed E-state index contributed by atoms with van der Waals surface area (Å²) < 4.78 is 0. The van der Waals surface area contributed by atoms with Crippen molar-refractivity contribution in [1.82, 2.24) is 4.98 Å². The molecule has 0 spiro atoms. The largest absolute Gasteiger partial charge is 0.299 e. The quantitative estimate of drug-likeness (QED) is 0.766. The Bertz CT molecular complexity index is 311. The van der Waals surface area contributed by atoms with E-state index in [9.17, 15) is 4.79 Å². The summed E-state index contributed by atoms with van der Waals surface area (Å²) in [5.41, 5.74) is 1.10. The van der Waals surface area contributed by atoms with Gasteiger partial charge in [-0.1, -0.05) is 13.8 Å². The van der Waals surface area contributed by atoms with Gasteiger partial charge in [0.1, 0.15) is 5.78 Å². The molecule has 78 valence electrons. The maximum Gasteiger partial charge on any atom is 0.135 e. The number of hydrogen-bond donors (Lipinski definition) is 0. The SMILES string of the molecule is CCC(=O)C(C)Cc1nc(C)c(C)s1. The van der Waals surface area contributed by atoms with Crippen LogP contribution in [0.2, 0.25) is 0 Å². The Balaban J connectivity index is 2.64. The monoisotopic (exact) mass is 211 g/mol. The van der Waals surface area contributed by atoms with Gasteiger partial charge >= 0.3 is 0 Å². The molecule has 14 heavy (non-hydrogen) atoms. The van der Waals surface area contributed by atoms with Gasteiger partial charge in [-0.2, -0.15) is 0 Å². The molecule has 0 N–H and O–H groups in total. The van der Waals surface area contributed by atoms with Crippen molar-refractivity contribution in [2.75, 3.05) is 0 Å². The molecule has 0 aliphatic heterocycles. The first-order chi connectivity index (χ1) is 6.54. The van der Waals surface area contributed by atoms with E-state index in [4.69, 9.17) is 0 Å². The number of thiazole rings is 1. The normalized spacial score (nSPS) is 12.9. The lowest BCUT2D eigenvalue weighted by Gasteiger charge is -2.05. The lowest BCUT2D eigenvalue weighted by atomic mass is 10.0. The first-order valence-corrected chi connectivity index (χ1v) is 5.81. The van der Waals surface area contributed by atoms with Crippen molar-refractivity contribution >= 4 is 17.1 Å². The molecule has 0 aromatic carbocycles. The summed E-state index contributed by atoms with van der Waals surface area (Å²) in [4.78, 5) is 17.1. The highest BCUT2D eigenvalue weighted by molar-refractivity contribution is 7.11. The Labute approximate surface area is 89.4 Å². The van der Waals surface area contributed by atoms with Crippen LogP contribution in [0.25, 0.3) is 0 Å². The topological polar surface area (TPSA) is 30.0 Å². The van der Waals surface area contributed by atoms with E-state index in [0.717, 1.165) is 17.1 Å². The van der Waals surface area contributed by atoms with E-state index in [1.165, 1.54) is 4.88 Å². The molecule has 0 aliphatic rings. The second-order valence-electron chi connectivity index (χ2n) is 3.67. The van der Waals surface area contributed by atoms with Crippen LogP contribution >= 0.6 is 11.3 Å². The Hall–Kier alpha value is -0.700. The van der Waals surface area contributed by atoms with Crippen LogP contribution in [-0.2, 0) is 11.2 Å². The Kier molecular flexibility index (Phi) is 3.81. The van der Waals surface area contributed by atoms with Gasteiger partial charge in [-0.05, 0) is 13.8 Å². The number of carbonyl (C=O) groups excluding carboxylic acids is 1. The van der Waals surface area contributed by atoms with Crippen LogP contribution in [0.4, 0.5) is 0 Å². The summed E-state index contributed by atoms with van der Waals surface area (Å²) in [7, 11) is 0. The number of nitrogens with zero attached hydrogens (tertiary/aromatic N) is 1. The van der Waals surface area contributed by atoms with E-state index in [2.05, 4.69) is 11.9 Å². The van der Waals surface area contributed by atoms with E-state index in [1.807, 2.05) is 20.8 Å². The second kappa shape index (κ2) is 4.69. The number of aryl methyl sites for hydroxylation is 2. The molecule has 1 aromatic rings. The molecule has 2 nitrogen and oxygen atoms in total. The number of carbonyl (C=O) groups is 1. The number of Topliss-reactive ketones (excluding diaryl/α,β-unsaturated/α-hetero) is 1. The summed E-state index contributed by atoms with van der Waals surface area (Å²) in [6.07, 6.45) is 1.43. The minimum Gasteiger partial charge on any atom is -0.299 e. The van der Waals surface area contributed by atoms with E-state index in [-0.39, 0.29) is 5.92 Å². The van der Waals surface area contributed by atoms with Crippen LogP contribution in [0.3, 0.4) is 0 Å². The molecule has 0 amide bonds. The first-order valence-electron chi connectivity index (χ1n) is 5.00. The number of aromatic nitrogens is 1. The van der Waals surface area contributed by atoms with Crippen LogP contribution in [0.5, 0.6) is 0 Å². The van der Waals surface area contributed by atoms with Crippen LogP contribution in [0.1, 0.15) is 35.8 Å². The number of ketones is 1. The van der Waals surface area contributed by atoms with Crippen molar-refractivity contribution < 1.29 is 4.79 Å². The van der Waals surface area contributed by atoms with Crippen molar-refractivity contribution in [1.29, 1.82) is 0 Å².